The van der Waals surface area contributed by atoms with Crippen molar-refractivity contribution in [3.63, 3.8) is 0 Å². The lowest BCUT2D eigenvalue weighted by Gasteiger charge is -2.19. The fourth-order valence-corrected chi connectivity index (χ4v) is 9.23. The molecular weight excluding hydrogens is 779 g/mol. The molecule has 8 aromatic carbocycles. The van der Waals surface area contributed by atoms with Crippen molar-refractivity contribution in [1.82, 2.24) is 24.1 Å². The van der Waals surface area contributed by atoms with Crippen molar-refractivity contribution in [3.8, 4) is 56.7 Å². The summed E-state index contributed by atoms with van der Waals surface area (Å²) >= 11 is 0. The van der Waals surface area contributed by atoms with E-state index in [1.807, 2.05) is 18.2 Å². The highest BCUT2D eigenvalue weighted by molar-refractivity contribution is 6.26. The lowest BCUT2D eigenvalue weighted by atomic mass is 9.86. The Morgan fingerprint density at radius 1 is 0.344 bits per heavy atom. The maximum Gasteiger partial charge on any atom is 0.238 e. The molecule has 0 saturated heterocycles. The van der Waals surface area contributed by atoms with E-state index < -0.39 is 0 Å². The average molecular weight is 828 g/mol. The minimum atomic E-state index is -0.0693. The van der Waals surface area contributed by atoms with Crippen molar-refractivity contribution in [2.45, 2.75) is 52.4 Å². The first kappa shape index (κ1) is 39.2. The van der Waals surface area contributed by atoms with E-state index in [4.69, 9.17) is 15.0 Å². The van der Waals surface area contributed by atoms with Gasteiger partial charge in [-0.3, -0.25) is 4.57 Å². The number of aromatic nitrogens is 5. The molecule has 0 saturated carbocycles. The Morgan fingerprint density at radius 3 is 1.41 bits per heavy atom. The molecule has 0 aliphatic heterocycles. The van der Waals surface area contributed by atoms with Crippen LogP contribution in [0.5, 0.6) is 0 Å². The molecule has 5 nitrogen and oxygen atoms in total. The smallest absolute Gasteiger partial charge is 0.238 e. The van der Waals surface area contributed by atoms with Crippen LogP contribution < -0.4 is 0 Å². The van der Waals surface area contributed by atoms with Crippen LogP contribution in [0.4, 0.5) is 0 Å². The van der Waals surface area contributed by atoms with Gasteiger partial charge in [0.05, 0.1) is 22.1 Å². The molecule has 3 aromatic heterocycles. The number of para-hydroxylation sites is 1. The molecule has 0 aliphatic carbocycles. The van der Waals surface area contributed by atoms with Gasteiger partial charge in [0.2, 0.25) is 5.95 Å². The molecule has 0 spiro atoms. The van der Waals surface area contributed by atoms with Gasteiger partial charge in [0.25, 0.3) is 0 Å². The second-order valence-corrected chi connectivity index (χ2v) is 19.0. The van der Waals surface area contributed by atoms with Crippen molar-refractivity contribution in [3.05, 3.63) is 199 Å². The zero-order chi connectivity index (χ0) is 43.7. The van der Waals surface area contributed by atoms with Crippen molar-refractivity contribution in [2.75, 3.05) is 0 Å². The van der Waals surface area contributed by atoms with Crippen LogP contribution in [0.3, 0.4) is 0 Å². The molecule has 0 bridgehead atoms. The topological polar surface area (TPSA) is 48.5 Å². The third-order valence-electron chi connectivity index (χ3n) is 12.7. The largest absolute Gasteiger partial charge is 0.309 e. The van der Waals surface area contributed by atoms with E-state index in [0.717, 1.165) is 44.4 Å². The zero-order valence-corrected chi connectivity index (χ0v) is 37.1. The normalized spacial score (nSPS) is 12.2. The third-order valence-corrected chi connectivity index (χ3v) is 12.7. The van der Waals surface area contributed by atoms with Gasteiger partial charge in [-0.2, -0.15) is 9.97 Å². The quantitative estimate of drug-likeness (QED) is 0.168. The fraction of sp³-hybridized carbons (Fsp3) is 0.136. The SMILES string of the molecule is CC(C)(C)c1ccc2c(c1)c1c(ccc3c4cc(C(C)(C)C)ccc4n(-c4ccccc4)c31)n2-c1nc(-c2ccccc2)nc(-c2ccc(-c3cccc(-c4ccccc4)c3)cc2)n1. The van der Waals surface area contributed by atoms with Crippen molar-refractivity contribution in [1.29, 1.82) is 0 Å². The second kappa shape index (κ2) is 15.0. The molecule has 64 heavy (non-hydrogen) atoms. The maximum absolute atomic E-state index is 5.38. The minimum Gasteiger partial charge on any atom is -0.309 e. The molecule has 0 radical (unpaired) electrons. The molecule has 0 amide bonds. The molecule has 11 rings (SSSR count). The van der Waals surface area contributed by atoms with Crippen LogP contribution in [0.15, 0.2) is 188 Å². The summed E-state index contributed by atoms with van der Waals surface area (Å²) in [5.74, 6) is 1.81. The van der Waals surface area contributed by atoms with E-state index in [1.165, 1.54) is 49.4 Å². The average Bonchev–Trinajstić information content (AvgIpc) is 3.84. The van der Waals surface area contributed by atoms with Crippen molar-refractivity contribution >= 4 is 43.6 Å². The van der Waals surface area contributed by atoms with E-state index in [0.29, 0.717) is 17.6 Å². The Labute approximate surface area is 374 Å². The highest BCUT2D eigenvalue weighted by Gasteiger charge is 2.26. The van der Waals surface area contributed by atoms with Gasteiger partial charge in [0, 0.05) is 38.4 Å². The Bertz CT molecular complexity index is 3530. The molecule has 0 atom stereocenters. The summed E-state index contributed by atoms with van der Waals surface area (Å²) in [4.78, 5) is 15.9. The zero-order valence-electron chi connectivity index (χ0n) is 37.1. The summed E-state index contributed by atoms with van der Waals surface area (Å²) in [6.07, 6.45) is 0. The molecule has 310 valence electrons. The number of rotatable bonds is 6. The van der Waals surface area contributed by atoms with E-state index in [1.54, 1.807) is 0 Å². The Morgan fingerprint density at radius 2 is 0.812 bits per heavy atom. The summed E-state index contributed by atoms with van der Waals surface area (Å²) in [6.45, 7) is 13.7. The van der Waals surface area contributed by atoms with Gasteiger partial charge in [0.1, 0.15) is 0 Å². The lowest BCUT2D eigenvalue weighted by molar-refractivity contribution is 0.591. The van der Waals surface area contributed by atoms with Gasteiger partial charge >= 0.3 is 0 Å². The molecule has 0 N–H and O–H groups in total. The molecule has 3 heterocycles. The third kappa shape index (κ3) is 6.76. The predicted octanol–water partition coefficient (Wildman–Crippen LogP) is 15.3. The second-order valence-electron chi connectivity index (χ2n) is 19.0. The standard InChI is InChI=1S/C59H49N5/c1-58(2,3)44-29-32-50-48(36-44)47-31-34-52-53(54(47)63(50)46-23-14-9-15-24-46)49-37-45(59(4,5)6)30-33-51(49)64(52)57-61-55(40-19-12-8-13-20-40)60-56(62-57)41-27-25-39(26-28-41)43-22-16-21-42(35-43)38-17-10-7-11-18-38/h7-37H,1-6H3. The first-order chi connectivity index (χ1) is 31.0. The van der Waals surface area contributed by atoms with Crippen LogP contribution in [0.2, 0.25) is 0 Å². The molecule has 0 fully saturated rings. The predicted molar refractivity (Wildman–Crippen MR) is 268 cm³/mol. The summed E-state index contributed by atoms with van der Waals surface area (Å²) in [5.41, 5.74) is 14.6. The van der Waals surface area contributed by atoms with Crippen LogP contribution in [-0.2, 0) is 10.8 Å². The number of fused-ring (bicyclic) bond motifs is 7. The van der Waals surface area contributed by atoms with E-state index in [9.17, 15) is 0 Å². The van der Waals surface area contributed by atoms with Crippen LogP contribution in [0.1, 0.15) is 52.7 Å². The molecule has 5 heteroatoms. The number of hydrogen-bond donors (Lipinski definition) is 0. The first-order valence-electron chi connectivity index (χ1n) is 22.2. The van der Waals surface area contributed by atoms with E-state index >= 15 is 0 Å². The van der Waals surface area contributed by atoms with Crippen LogP contribution in [0, 0.1) is 0 Å². The Hall–Kier alpha value is -7.63. The van der Waals surface area contributed by atoms with Gasteiger partial charge in [0.15, 0.2) is 11.6 Å². The van der Waals surface area contributed by atoms with Crippen LogP contribution in [0.25, 0.3) is 100 Å². The first-order valence-corrected chi connectivity index (χ1v) is 22.2. The highest BCUT2D eigenvalue weighted by atomic mass is 15.2. The van der Waals surface area contributed by atoms with E-state index in [-0.39, 0.29) is 10.8 Å². The van der Waals surface area contributed by atoms with E-state index in [2.05, 4.69) is 221 Å². The monoisotopic (exact) mass is 827 g/mol. The van der Waals surface area contributed by atoms with Gasteiger partial charge in [-0.25, -0.2) is 4.98 Å². The van der Waals surface area contributed by atoms with Gasteiger partial charge in [-0.05, 0) is 92.7 Å². The maximum atomic E-state index is 5.38. The summed E-state index contributed by atoms with van der Waals surface area (Å²) in [5, 5.41) is 4.79. The summed E-state index contributed by atoms with van der Waals surface area (Å²) in [7, 11) is 0. The molecule has 11 aromatic rings. The molecular formula is C59H49N5. The molecule has 0 aliphatic rings. The number of benzene rings is 8. The minimum absolute atomic E-state index is 0.00227. The fourth-order valence-electron chi connectivity index (χ4n) is 9.23. The Kier molecular flexibility index (Phi) is 9.21. The van der Waals surface area contributed by atoms with Gasteiger partial charge in [-0.1, -0.05) is 181 Å². The summed E-state index contributed by atoms with van der Waals surface area (Å²) < 4.78 is 4.71. The van der Waals surface area contributed by atoms with Crippen molar-refractivity contribution < 1.29 is 0 Å². The van der Waals surface area contributed by atoms with Gasteiger partial charge < -0.3 is 4.57 Å². The van der Waals surface area contributed by atoms with Crippen molar-refractivity contribution in [2.24, 2.45) is 0 Å². The van der Waals surface area contributed by atoms with Gasteiger partial charge in [-0.15, -0.1) is 0 Å². The Balaban J connectivity index is 1.17. The highest BCUT2D eigenvalue weighted by Crippen LogP contribution is 2.44. The summed E-state index contributed by atoms with van der Waals surface area (Å²) in [6, 6.07) is 67.4. The number of hydrogen-bond acceptors (Lipinski definition) is 3. The van der Waals surface area contributed by atoms with Crippen LogP contribution >= 0.6 is 0 Å². The lowest BCUT2D eigenvalue weighted by Crippen LogP contribution is -2.10. The van der Waals surface area contributed by atoms with Crippen LogP contribution in [-0.4, -0.2) is 24.1 Å². The molecule has 0 unspecified atom stereocenters. The number of nitrogens with zero attached hydrogens (tertiary/aromatic N) is 5.